The number of nitrogens with one attached hydrogen (secondary N) is 2. The van der Waals surface area contributed by atoms with Gasteiger partial charge >= 0.3 is 5.97 Å². The zero-order valence-corrected chi connectivity index (χ0v) is 22.9. The number of anilines is 2. The average molecular weight is 521 g/mol. The predicted octanol–water partition coefficient (Wildman–Crippen LogP) is 5.94. The quantitative estimate of drug-likeness (QED) is 0.359. The van der Waals surface area contributed by atoms with E-state index in [4.69, 9.17) is 9.84 Å². The van der Waals surface area contributed by atoms with Gasteiger partial charge in [0.15, 0.2) is 5.82 Å². The maximum atomic E-state index is 12.8. The molecule has 2 saturated carbocycles. The monoisotopic (exact) mass is 520 g/mol. The predicted molar refractivity (Wildman–Crippen MR) is 148 cm³/mol. The minimum atomic E-state index is -0.973. The van der Waals surface area contributed by atoms with Gasteiger partial charge in [0.1, 0.15) is 11.0 Å². The average Bonchev–Trinajstić information content (AvgIpc) is 3.23. The summed E-state index contributed by atoms with van der Waals surface area (Å²) in [5.74, 6) is 0.695. The van der Waals surface area contributed by atoms with Gasteiger partial charge in [-0.1, -0.05) is 31.9 Å². The number of ether oxygens (including phenoxy) is 1. The summed E-state index contributed by atoms with van der Waals surface area (Å²) in [4.78, 5) is 28.1. The molecule has 0 amide bonds. The van der Waals surface area contributed by atoms with Gasteiger partial charge in [-0.2, -0.15) is 5.10 Å². The Kier molecular flexibility index (Phi) is 7.11. The normalized spacial score (nSPS) is 26.3. The molecule has 0 radical (unpaired) electrons. The lowest BCUT2D eigenvalue weighted by molar-refractivity contribution is -0.163. The Morgan fingerprint density at radius 3 is 2.45 bits per heavy atom. The molecule has 0 aliphatic heterocycles. The largest absolute Gasteiger partial charge is 0.460 e. The van der Waals surface area contributed by atoms with E-state index in [1.54, 1.807) is 6.20 Å². The molecular weight excluding hydrogens is 480 g/mol. The van der Waals surface area contributed by atoms with Crippen LogP contribution in [0.25, 0.3) is 10.9 Å². The highest BCUT2D eigenvalue weighted by atomic mass is 16.6. The topological polar surface area (TPSA) is 109 Å². The molecule has 8 heteroatoms. The molecule has 5 rings (SSSR count). The fourth-order valence-corrected chi connectivity index (χ4v) is 6.11. The smallest absolute Gasteiger partial charge is 0.309 e. The van der Waals surface area contributed by atoms with E-state index in [-0.39, 0.29) is 23.5 Å². The van der Waals surface area contributed by atoms with Crippen LogP contribution in [0.3, 0.4) is 0 Å². The number of H-pyrrole nitrogens is 1. The third-order valence-electron chi connectivity index (χ3n) is 8.25. The van der Waals surface area contributed by atoms with Gasteiger partial charge in [-0.3, -0.25) is 14.3 Å². The van der Waals surface area contributed by atoms with E-state index in [0.717, 1.165) is 23.2 Å². The number of hydrogen-bond acceptors (Lipinski definition) is 6. The molecule has 1 aromatic carbocycles. The van der Waals surface area contributed by atoms with E-state index in [9.17, 15) is 14.7 Å². The molecule has 3 N–H and O–H groups in total. The number of hydrogen-bond donors (Lipinski definition) is 3. The maximum absolute atomic E-state index is 12.8. The van der Waals surface area contributed by atoms with Gasteiger partial charge < -0.3 is 20.1 Å². The molecule has 2 aromatic heterocycles. The zero-order valence-electron chi connectivity index (χ0n) is 22.9. The third-order valence-corrected chi connectivity index (χ3v) is 8.25. The van der Waals surface area contributed by atoms with Crippen molar-refractivity contribution in [3.63, 3.8) is 0 Å². The second kappa shape index (κ2) is 10.2. The van der Waals surface area contributed by atoms with Crippen molar-refractivity contribution >= 4 is 28.4 Å². The van der Waals surface area contributed by atoms with Gasteiger partial charge in [0.05, 0.1) is 23.1 Å². The molecule has 38 heavy (non-hydrogen) atoms. The second-order valence-electron chi connectivity index (χ2n) is 12.2. The lowest BCUT2D eigenvalue weighted by Crippen LogP contribution is -2.36. The number of aliphatic hydroxyl groups is 1. The molecule has 0 unspecified atom stereocenters. The minimum absolute atomic E-state index is 0.160. The Bertz CT molecular complexity index is 1340. The SMILES string of the molecule is C[C@H]1CCCC[C@@H]1n1nc(Nc2ccc(C3(O)CCC(C(=O)OC(C)(C)C)CC3)cc2)c2c(=O)[nH]ccc21. The molecule has 3 aromatic rings. The summed E-state index contributed by atoms with van der Waals surface area (Å²) in [6.07, 6.45) is 8.53. The molecule has 0 spiro atoms. The van der Waals surface area contributed by atoms with Crippen LogP contribution in [0.5, 0.6) is 0 Å². The molecule has 2 aliphatic rings. The van der Waals surface area contributed by atoms with Crippen LogP contribution in [0, 0.1) is 11.8 Å². The van der Waals surface area contributed by atoms with Crippen LogP contribution in [0.15, 0.2) is 41.3 Å². The number of nitrogens with zero attached hydrogens (tertiary/aromatic N) is 2. The second-order valence-corrected chi connectivity index (χ2v) is 12.2. The third kappa shape index (κ3) is 5.37. The molecule has 2 atom stereocenters. The molecule has 2 heterocycles. The van der Waals surface area contributed by atoms with E-state index < -0.39 is 11.2 Å². The Morgan fingerprint density at radius 1 is 1.11 bits per heavy atom. The highest BCUT2D eigenvalue weighted by Gasteiger charge is 2.38. The van der Waals surface area contributed by atoms with Gasteiger partial charge in [0.2, 0.25) is 0 Å². The first-order valence-corrected chi connectivity index (χ1v) is 14.0. The first-order chi connectivity index (χ1) is 18.0. The molecule has 0 bridgehead atoms. The van der Waals surface area contributed by atoms with Gasteiger partial charge in [0.25, 0.3) is 5.56 Å². The van der Waals surface area contributed by atoms with Crippen LogP contribution in [0.2, 0.25) is 0 Å². The standard InChI is InChI=1S/C30H40N4O4/c1-19-7-5-6-8-23(19)34-24-15-18-31-27(35)25(24)26(33-34)32-22-11-9-21(10-12-22)30(37)16-13-20(14-17-30)28(36)38-29(2,3)4/h9-12,15,18-20,23,37H,5-8,13-14,16-17H2,1-4H3,(H,31,35)(H,32,33)/t19-,20?,23-,30?/m0/s1. The van der Waals surface area contributed by atoms with Crippen molar-refractivity contribution in [3.05, 3.63) is 52.4 Å². The van der Waals surface area contributed by atoms with E-state index in [1.807, 2.05) is 55.8 Å². The Labute approximate surface area is 223 Å². The van der Waals surface area contributed by atoms with Crippen LogP contribution in [0.1, 0.15) is 90.7 Å². The summed E-state index contributed by atoms with van der Waals surface area (Å²) in [6.45, 7) is 7.89. The summed E-state index contributed by atoms with van der Waals surface area (Å²) >= 11 is 0. The van der Waals surface area contributed by atoms with Crippen LogP contribution in [-0.4, -0.2) is 31.4 Å². The molecule has 2 fully saturated rings. The van der Waals surface area contributed by atoms with Crippen LogP contribution >= 0.6 is 0 Å². The van der Waals surface area contributed by atoms with Crippen molar-refractivity contribution in [2.75, 3.05) is 5.32 Å². The summed E-state index contributed by atoms with van der Waals surface area (Å²) in [7, 11) is 0. The molecule has 0 saturated heterocycles. The van der Waals surface area contributed by atoms with Crippen molar-refractivity contribution in [1.29, 1.82) is 0 Å². The fourth-order valence-electron chi connectivity index (χ4n) is 6.11. The highest BCUT2D eigenvalue weighted by Crippen LogP contribution is 2.41. The van der Waals surface area contributed by atoms with Crippen molar-refractivity contribution in [1.82, 2.24) is 14.8 Å². The van der Waals surface area contributed by atoms with E-state index in [0.29, 0.717) is 42.8 Å². The lowest BCUT2D eigenvalue weighted by Gasteiger charge is -2.36. The summed E-state index contributed by atoms with van der Waals surface area (Å²) in [5, 5.41) is 20.2. The molecule has 204 valence electrons. The first kappa shape index (κ1) is 26.5. The fraction of sp³-hybridized carbons (Fsp3) is 0.567. The van der Waals surface area contributed by atoms with E-state index in [2.05, 4.69) is 17.2 Å². The van der Waals surface area contributed by atoms with Gasteiger partial charge in [-0.05, 0) is 89.0 Å². The minimum Gasteiger partial charge on any atom is -0.460 e. The van der Waals surface area contributed by atoms with Gasteiger partial charge in [-0.25, -0.2) is 0 Å². The number of carbonyl (C=O) groups is 1. The Balaban J connectivity index is 1.32. The number of fused-ring (bicyclic) bond motifs is 1. The summed E-state index contributed by atoms with van der Waals surface area (Å²) in [5.41, 5.74) is 0.838. The van der Waals surface area contributed by atoms with Gasteiger partial charge in [0, 0.05) is 11.9 Å². The van der Waals surface area contributed by atoms with Crippen LogP contribution in [0.4, 0.5) is 11.5 Å². The Hall–Kier alpha value is -3.13. The number of benzene rings is 1. The van der Waals surface area contributed by atoms with Crippen molar-refractivity contribution in [2.45, 2.75) is 96.3 Å². The summed E-state index contributed by atoms with van der Waals surface area (Å²) in [6, 6.07) is 9.88. The number of carbonyl (C=O) groups excluding carboxylic acids is 1. The van der Waals surface area contributed by atoms with E-state index in [1.165, 1.54) is 19.3 Å². The van der Waals surface area contributed by atoms with E-state index >= 15 is 0 Å². The van der Waals surface area contributed by atoms with Crippen LogP contribution < -0.4 is 10.9 Å². The molecule has 8 nitrogen and oxygen atoms in total. The van der Waals surface area contributed by atoms with Crippen molar-refractivity contribution < 1.29 is 14.6 Å². The highest BCUT2D eigenvalue weighted by molar-refractivity contribution is 5.91. The zero-order chi connectivity index (χ0) is 27.1. The number of esters is 1. The lowest BCUT2D eigenvalue weighted by atomic mass is 9.75. The Morgan fingerprint density at radius 2 is 1.79 bits per heavy atom. The van der Waals surface area contributed by atoms with Crippen molar-refractivity contribution in [2.24, 2.45) is 11.8 Å². The number of pyridine rings is 1. The molecular formula is C30H40N4O4. The maximum Gasteiger partial charge on any atom is 0.309 e. The summed E-state index contributed by atoms with van der Waals surface area (Å²) < 4.78 is 7.59. The van der Waals surface area contributed by atoms with Gasteiger partial charge in [-0.15, -0.1) is 0 Å². The van der Waals surface area contributed by atoms with Crippen LogP contribution in [-0.2, 0) is 15.1 Å². The first-order valence-electron chi connectivity index (χ1n) is 14.0. The van der Waals surface area contributed by atoms with Crippen molar-refractivity contribution in [3.8, 4) is 0 Å². The number of rotatable bonds is 5. The number of aromatic amines is 1. The number of aromatic nitrogens is 3. The molecule has 2 aliphatic carbocycles.